The maximum absolute atomic E-state index is 12.0. The van der Waals surface area contributed by atoms with Crippen LogP contribution < -0.4 is 9.47 Å². The second-order valence-electron chi connectivity index (χ2n) is 15.6. The predicted molar refractivity (Wildman–Crippen MR) is 157 cm³/mol. The van der Waals surface area contributed by atoms with Crippen LogP contribution in [-0.2, 0) is 5.41 Å². The molecule has 7 atom stereocenters. The van der Waals surface area contributed by atoms with Crippen molar-refractivity contribution in [2.24, 2.45) is 27.6 Å². The first kappa shape index (κ1) is 27.7. The molecule has 0 unspecified atom stereocenters. The van der Waals surface area contributed by atoms with Crippen LogP contribution in [-0.4, -0.2) is 22.4 Å². The molecule has 1 aliphatic heterocycles. The number of aliphatic hydroxyl groups excluding tert-OH is 1. The summed E-state index contributed by atoms with van der Waals surface area (Å²) in [6.45, 7) is 21.7. The van der Waals surface area contributed by atoms with Gasteiger partial charge in [0.2, 0.25) is 12.3 Å². The molecular weight excluding hydrogens is 502 g/mol. The van der Waals surface area contributed by atoms with Gasteiger partial charge < -0.3 is 14.6 Å². The van der Waals surface area contributed by atoms with Gasteiger partial charge in [0.05, 0.1) is 11.7 Å². The summed E-state index contributed by atoms with van der Waals surface area (Å²) in [7, 11) is 0. The maximum atomic E-state index is 12.0. The summed E-state index contributed by atoms with van der Waals surface area (Å²) >= 11 is 0. The lowest BCUT2D eigenvalue weighted by atomic mass is 9.34. The number of aliphatic hydroxyl groups is 1. The Morgan fingerprint density at radius 1 is 1.05 bits per heavy atom. The largest absolute Gasteiger partial charge is 0.512 e. The lowest BCUT2D eigenvalue weighted by molar-refractivity contribution is -0.481. The van der Waals surface area contributed by atoms with Crippen molar-refractivity contribution in [2.75, 3.05) is 6.54 Å². The van der Waals surface area contributed by atoms with Gasteiger partial charge in [0, 0.05) is 29.6 Å². The van der Waals surface area contributed by atoms with E-state index >= 15 is 0 Å². The van der Waals surface area contributed by atoms with Gasteiger partial charge >= 0.3 is 0 Å². The Morgan fingerprint density at radius 2 is 1.73 bits per heavy atom. The number of allylic oxidation sites excluding steroid dienone is 2. The Bertz CT molecular complexity index is 1360. The second kappa shape index (κ2) is 8.07. The molecular formula is C34H47NO5. The van der Waals surface area contributed by atoms with E-state index in [2.05, 4.69) is 53.3 Å². The Balaban J connectivity index is 1.52. The first-order valence-corrected chi connectivity index (χ1v) is 15.2. The summed E-state index contributed by atoms with van der Waals surface area (Å²) in [4.78, 5) is 11.9. The molecule has 0 amide bonds. The SMILES string of the molecule is C=C(O)[C@]1(C)CC[C@]2(C)CC[C@]3(C)C4=C[C@@H](C[N+](=O)[O-])c5c(cc6c(c5C)OC(C)(C)O6)[C@]4(C)CC[C@@]3(C)[C@@H]2C1. The number of hydrogen-bond donors (Lipinski definition) is 1. The summed E-state index contributed by atoms with van der Waals surface area (Å²) in [6, 6.07) is 2.15. The van der Waals surface area contributed by atoms with E-state index in [1.54, 1.807) is 0 Å². The molecule has 1 heterocycles. The molecule has 40 heavy (non-hydrogen) atoms. The lowest BCUT2D eigenvalue weighted by Gasteiger charge is -2.70. The smallest absolute Gasteiger partial charge is 0.246 e. The predicted octanol–water partition coefficient (Wildman–Crippen LogP) is 8.54. The summed E-state index contributed by atoms with van der Waals surface area (Å²) in [5, 5.41) is 22.7. The zero-order valence-electron chi connectivity index (χ0n) is 25.7. The minimum atomic E-state index is -0.762. The zero-order chi connectivity index (χ0) is 29.3. The Morgan fingerprint density at radius 3 is 2.38 bits per heavy atom. The van der Waals surface area contributed by atoms with Crippen molar-refractivity contribution < 1.29 is 19.5 Å². The highest BCUT2D eigenvalue weighted by atomic mass is 16.7. The van der Waals surface area contributed by atoms with Crippen molar-refractivity contribution in [2.45, 2.75) is 117 Å². The second-order valence-corrected chi connectivity index (χ2v) is 15.6. The average Bonchev–Trinajstić information content (AvgIpc) is 3.17. The number of rotatable bonds is 3. The molecule has 0 bridgehead atoms. The van der Waals surface area contributed by atoms with Gasteiger partial charge in [-0.2, -0.15) is 0 Å². The molecule has 5 aliphatic rings. The monoisotopic (exact) mass is 549 g/mol. The molecule has 0 saturated heterocycles. The third-order valence-corrected chi connectivity index (χ3v) is 12.9. The van der Waals surface area contributed by atoms with E-state index in [4.69, 9.17) is 9.47 Å². The van der Waals surface area contributed by atoms with E-state index in [9.17, 15) is 15.2 Å². The number of nitro groups is 1. The fourth-order valence-corrected chi connectivity index (χ4v) is 10.1. The minimum Gasteiger partial charge on any atom is -0.512 e. The van der Waals surface area contributed by atoms with Crippen LogP contribution in [0.25, 0.3) is 0 Å². The maximum Gasteiger partial charge on any atom is 0.246 e. The summed E-state index contributed by atoms with van der Waals surface area (Å²) in [5.74, 6) is 1.15. The highest BCUT2D eigenvalue weighted by molar-refractivity contribution is 5.64. The molecule has 1 aromatic rings. The molecule has 3 saturated carbocycles. The van der Waals surface area contributed by atoms with Crippen LogP contribution in [0.1, 0.15) is 116 Å². The fraction of sp³-hybridized carbons (Fsp3) is 0.706. The van der Waals surface area contributed by atoms with Crippen molar-refractivity contribution in [3.63, 3.8) is 0 Å². The Kier molecular flexibility index (Phi) is 5.58. The van der Waals surface area contributed by atoms with Crippen LogP contribution in [0, 0.1) is 44.6 Å². The number of ether oxygens (including phenoxy) is 2. The highest BCUT2D eigenvalue weighted by Gasteiger charge is 2.67. The van der Waals surface area contributed by atoms with Gasteiger partial charge in [-0.05, 0) is 96.8 Å². The number of nitrogens with zero attached hydrogens (tertiary/aromatic N) is 1. The molecule has 1 N–H and O–H groups in total. The number of benzene rings is 1. The van der Waals surface area contributed by atoms with E-state index in [1.807, 2.05) is 20.8 Å². The highest BCUT2D eigenvalue weighted by Crippen LogP contribution is 2.75. The fourth-order valence-electron chi connectivity index (χ4n) is 10.1. The number of fused-ring (bicyclic) bond motifs is 8. The molecule has 4 aliphatic carbocycles. The normalized spacial score (nSPS) is 42.5. The third kappa shape index (κ3) is 3.46. The van der Waals surface area contributed by atoms with Gasteiger partial charge in [-0.25, -0.2) is 0 Å². The van der Waals surface area contributed by atoms with Crippen molar-refractivity contribution in [3.8, 4) is 11.5 Å². The molecule has 1 aromatic carbocycles. The van der Waals surface area contributed by atoms with Crippen LogP contribution in [0.2, 0.25) is 0 Å². The van der Waals surface area contributed by atoms with E-state index in [0.29, 0.717) is 11.7 Å². The van der Waals surface area contributed by atoms with Crippen molar-refractivity contribution >= 4 is 0 Å². The van der Waals surface area contributed by atoms with E-state index in [1.165, 1.54) is 11.1 Å². The topological polar surface area (TPSA) is 81.8 Å². The van der Waals surface area contributed by atoms with Gasteiger partial charge in [0.1, 0.15) is 0 Å². The lowest BCUT2D eigenvalue weighted by Crippen LogP contribution is -2.62. The molecule has 6 rings (SSSR count). The summed E-state index contributed by atoms with van der Waals surface area (Å²) in [6.07, 6.45) is 9.58. The van der Waals surface area contributed by atoms with Gasteiger partial charge in [0.15, 0.2) is 11.5 Å². The van der Waals surface area contributed by atoms with Gasteiger partial charge in [-0.1, -0.05) is 52.8 Å². The Hall–Kier alpha value is -2.50. The van der Waals surface area contributed by atoms with Gasteiger partial charge in [0.25, 0.3) is 0 Å². The van der Waals surface area contributed by atoms with Crippen LogP contribution >= 0.6 is 0 Å². The molecule has 0 radical (unpaired) electrons. The quantitative estimate of drug-likeness (QED) is 0.177. The van der Waals surface area contributed by atoms with Crippen LogP contribution in [0.4, 0.5) is 0 Å². The van der Waals surface area contributed by atoms with Crippen molar-refractivity contribution in [1.29, 1.82) is 0 Å². The first-order chi connectivity index (χ1) is 18.4. The third-order valence-electron chi connectivity index (χ3n) is 12.9. The van der Waals surface area contributed by atoms with E-state index < -0.39 is 5.79 Å². The molecule has 6 nitrogen and oxygen atoms in total. The van der Waals surface area contributed by atoms with Crippen molar-refractivity contribution in [3.05, 3.63) is 56.9 Å². The van der Waals surface area contributed by atoms with Gasteiger partial charge in [-0.3, -0.25) is 10.1 Å². The van der Waals surface area contributed by atoms with Gasteiger partial charge in [-0.15, -0.1) is 0 Å². The van der Waals surface area contributed by atoms with E-state index in [0.717, 1.165) is 67.6 Å². The molecule has 218 valence electrons. The summed E-state index contributed by atoms with van der Waals surface area (Å²) < 4.78 is 12.5. The standard InChI is InChI=1S/C34H47NO5/c1-20-27-22(19-35(37)38)16-25-32(7,23(27)17-24-28(20)40-29(3,4)39-24)13-15-34(9)26-18-31(6,21(2)36)11-10-30(26,5)12-14-33(25,34)8/h16-17,22,26,36H,2,10-15,18-19H2,1,3-9H3/t22-,26+,30+,31+,32-,33+,34-/m0/s1. The van der Waals surface area contributed by atoms with E-state index in [-0.39, 0.29) is 44.5 Å². The zero-order valence-corrected chi connectivity index (χ0v) is 25.7. The van der Waals surface area contributed by atoms with Crippen LogP contribution in [0.15, 0.2) is 30.1 Å². The minimum absolute atomic E-state index is 0.00647. The molecule has 6 heteroatoms. The van der Waals surface area contributed by atoms with Crippen LogP contribution in [0.3, 0.4) is 0 Å². The average molecular weight is 550 g/mol. The van der Waals surface area contributed by atoms with Crippen LogP contribution in [0.5, 0.6) is 11.5 Å². The summed E-state index contributed by atoms with van der Waals surface area (Å²) in [5.41, 5.74) is 4.19. The first-order valence-electron chi connectivity index (χ1n) is 15.2. The Labute approximate surface area is 239 Å². The number of hydrogen-bond acceptors (Lipinski definition) is 5. The molecule has 3 fully saturated rings. The molecule has 0 aromatic heterocycles. The molecule has 0 spiro atoms. The van der Waals surface area contributed by atoms with Crippen molar-refractivity contribution in [1.82, 2.24) is 0 Å².